The second-order valence-electron chi connectivity index (χ2n) is 10.3. The molecule has 0 saturated heterocycles. The van der Waals surface area contributed by atoms with E-state index in [1.54, 1.807) is 24.3 Å². The van der Waals surface area contributed by atoms with Crippen molar-refractivity contribution in [3.05, 3.63) is 101 Å². The molecular formula is C29H33ClFN3O4S. The average molecular weight is 574 g/mol. The zero-order chi connectivity index (χ0) is 28.8. The van der Waals surface area contributed by atoms with Crippen LogP contribution in [0.1, 0.15) is 31.9 Å². The van der Waals surface area contributed by atoms with E-state index in [1.165, 1.54) is 23.1 Å². The Labute approximate surface area is 234 Å². The lowest BCUT2D eigenvalue weighted by Gasteiger charge is -2.35. The van der Waals surface area contributed by atoms with Gasteiger partial charge in [0.2, 0.25) is 21.8 Å². The van der Waals surface area contributed by atoms with Gasteiger partial charge in [-0.25, -0.2) is 12.8 Å². The number of carbonyl (C=O) groups excluding carboxylic acids is 2. The number of sulfonamides is 1. The molecule has 39 heavy (non-hydrogen) atoms. The smallest absolute Gasteiger partial charge is 0.244 e. The van der Waals surface area contributed by atoms with E-state index < -0.39 is 45.8 Å². The summed E-state index contributed by atoms with van der Waals surface area (Å²) >= 11 is 6.05. The van der Waals surface area contributed by atoms with Crippen molar-refractivity contribution in [3.8, 4) is 0 Å². The number of hydrogen-bond acceptors (Lipinski definition) is 4. The lowest BCUT2D eigenvalue weighted by Crippen LogP contribution is -2.56. The summed E-state index contributed by atoms with van der Waals surface area (Å²) in [6.07, 6.45) is 1.09. The first kappa shape index (κ1) is 30.1. The highest BCUT2D eigenvalue weighted by atomic mass is 35.5. The van der Waals surface area contributed by atoms with Crippen LogP contribution in [0.15, 0.2) is 78.9 Å². The van der Waals surface area contributed by atoms with Gasteiger partial charge >= 0.3 is 0 Å². The molecule has 2 amide bonds. The van der Waals surface area contributed by atoms with Gasteiger partial charge < -0.3 is 10.2 Å². The summed E-state index contributed by atoms with van der Waals surface area (Å²) in [5.41, 5.74) is 0.659. The minimum atomic E-state index is -4.05. The Balaban J connectivity index is 2.08. The molecule has 3 aromatic carbocycles. The molecule has 0 aliphatic rings. The summed E-state index contributed by atoms with van der Waals surface area (Å²) in [7, 11) is -4.05. The van der Waals surface area contributed by atoms with Gasteiger partial charge in [-0.1, -0.05) is 66.2 Å². The average Bonchev–Trinajstić information content (AvgIpc) is 2.85. The minimum absolute atomic E-state index is 0.0000605. The Hall–Kier alpha value is -3.43. The van der Waals surface area contributed by atoms with Gasteiger partial charge in [0, 0.05) is 23.5 Å². The summed E-state index contributed by atoms with van der Waals surface area (Å²) in [6, 6.07) is 20.4. The van der Waals surface area contributed by atoms with Crippen LogP contribution in [0.2, 0.25) is 5.02 Å². The highest BCUT2D eigenvalue weighted by Gasteiger charge is 2.34. The van der Waals surface area contributed by atoms with Crippen LogP contribution in [-0.4, -0.2) is 49.5 Å². The fraction of sp³-hybridized carbons (Fsp3) is 0.310. The first-order valence-corrected chi connectivity index (χ1v) is 14.6. The SMILES string of the molecule is CC(C)(C)NC(=O)[C@@H](Cc1ccccc1)N(Cc1ccc(Cl)cc1)C(=O)CN(c1ccccc1F)S(C)(=O)=O. The zero-order valence-corrected chi connectivity index (χ0v) is 24.0. The number of hydrogen-bond donors (Lipinski definition) is 1. The molecule has 0 saturated carbocycles. The molecule has 208 valence electrons. The molecule has 7 nitrogen and oxygen atoms in total. The summed E-state index contributed by atoms with van der Waals surface area (Å²) in [6.45, 7) is 4.81. The van der Waals surface area contributed by atoms with Gasteiger partial charge in [0.1, 0.15) is 18.4 Å². The molecule has 0 radical (unpaired) electrons. The maximum Gasteiger partial charge on any atom is 0.244 e. The number of halogens is 2. The number of rotatable bonds is 10. The van der Waals surface area contributed by atoms with Crippen LogP contribution in [0.5, 0.6) is 0 Å². The van der Waals surface area contributed by atoms with Gasteiger partial charge in [0.15, 0.2) is 0 Å². The van der Waals surface area contributed by atoms with E-state index in [2.05, 4.69) is 5.32 Å². The Morgan fingerprint density at radius 1 is 0.923 bits per heavy atom. The Kier molecular flexibility index (Phi) is 9.74. The monoisotopic (exact) mass is 573 g/mol. The van der Waals surface area contributed by atoms with Crippen LogP contribution in [0.4, 0.5) is 10.1 Å². The Morgan fingerprint density at radius 2 is 1.51 bits per heavy atom. The topological polar surface area (TPSA) is 86.8 Å². The van der Waals surface area contributed by atoms with Gasteiger partial charge in [-0.3, -0.25) is 13.9 Å². The largest absolute Gasteiger partial charge is 0.350 e. The van der Waals surface area contributed by atoms with E-state index in [0.717, 1.165) is 22.2 Å². The molecule has 0 aliphatic heterocycles. The van der Waals surface area contributed by atoms with Crippen molar-refractivity contribution in [1.29, 1.82) is 0 Å². The number of carbonyl (C=O) groups is 2. The minimum Gasteiger partial charge on any atom is -0.350 e. The van der Waals surface area contributed by atoms with Crippen LogP contribution in [-0.2, 0) is 32.6 Å². The predicted octanol–water partition coefficient (Wildman–Crippen LogP) is 4.80. The number of benzene rings is 3. The molecule has 0 fully saturated rings. The molecule has 10 heteroatoms. The van der Waals surface area contributed by atoms with Crippen LogP contribution >= 0.6 is 11.6 Å². The van der Waals surface area contributed by atoms with Crippen molar-refractivity contribution < 1.29 is 22.4 Å². The molecule has 1 N–H and O–H groups in total. The van der Waals surface area contributed by atoms with E-state index in [9.17, 15) is 22.4 Å². The van der Waals surface area contributed by atoms with E-state index in [-0.39, 0.29) is 18.7 Å². The number of nitrogens with zero attached hydrogens (tertiary/aromatic N) is 2. The third-order valence-corrected chi connectivity index (χ3v) is 7.21. The van der Waals surface area contributed by atoms with E-state index in [0.29, 0.717) is 10.6 Å². The summed E-state index contributed by atoms with van der Waals surface area (Å²) in [5.74, 6) is -1.85. The number of anilines is 1. The molecule has 1 atom stereocenters. The van der Waals surface area contributed by atoms with E-state index in [4.69, 9.17) is 11.6 Å². The number of nitrogens with one attached hydrogen (secondary N) is 1. The van der Waals surface area contributed by atoms with Gasteiger partial charge in [-0.15, -0.1) is 0 Å². The molecule has 3 aromatic rings. The highest BCUT2D eigenvalue weighted by Crippen LogP contribution is 2.23. The molecule has 0 bridgehead atoms. The first-order chi connectivity index (χ1) is 18.2. The maximum absolute atomic E-state index is 14.7. The molecular weight excluding hydrogens is 541 g/mol. The maximum atomic E-state index is 14.7. The second-order valence-corrected chi connectivity index (χ2v) is 12.7. The third kappa shape index (κ3) is 8.80. The van der Waals surface area contributed by atoms with Crippen molar-refractivity contribution in [2.24, 2.45) is 0 Å². The van der Waals surface area contributed by atoms with E-state index >= 15 is 0 Å². The van der Waals surface area contributed by atoms with Gasteiger partial charge in [-0.05, 0) is 56.2 Å². The lowest BCUT2D eigenvalue weighted by molar-refractivity contribution is -0.140. The number of para-hydroxylation sites is 1. The zero-order valence-electron chi connectivity index (χ0n) is 22.4. The van der Waals surface area contributed by atoms with E-state index in [1.807, 2.05) is 51.1 Å². The summed E-state index contributed by atoms with van der Waals surface area (Å²) in [4.78, 5) is 28.9. The third-order valence-electron chi connectivity index (χ3n) is 5.84. The van der Waals surface area contributed by atoms with Crippen LogP contribution in [0.25, 0.3) is 0 Å². The van der Waals surface area contributed by atoms with Crippen molar-refractivity contribution in [2.75, 3.05) is 17.1 Å². The fourth-order valence-corrected chi connectivity index (χ4v) is 5.02. The van der Waals surface area contributed by atoms with Gasteiger partial charge in [-0.2, -0.15) is 0 Å². The predicted molar refractivity (Wildman–Crippen MR) is 152 cm³/mol. The molecule has 0 aromatic heterocycles. The second kappa shape index (κ2) is 12.6. The van der Waals surface area contributed by atoms with Crippen LogP contribution in [0, 0.1) is 5.82 Å². The van der Waals surface area contributed by atoms with Crippen molar-refractivity contribution in [1.82, 2.24) is 10.2 Å². The molecule has 0 unspecified atom stereocenters. The van der Waals surface area contributed by atoms with Gasteiger partial charge in [0.05, 0.1) is 11.9 Å². The molecule has 0 heterocycles. The Morgan fingerprint density at radius 3 is 2.08 bits per heavy atom. The summed E-state index contributed by atoms with van der Waals surface area (Å²) < 4.78 is 40.8. The van der Waals surface area contributed by atoms with Gasteiger partial charge in [0.25, 0.3) is 0 Å². The molecule has 0 aliphatic carbocycles. The quantitative estimate of drug-likeness (QED) is 0.377. The molecule has 0 spiro atoms. The van der Waals surface area contributed by atoms with Crippen molar-refractivity contribution >= 4 is 39.1 Å². The molecule has 3 rings (SSSR count). The summed E-state index contributed by atoms with van der Waals surface area (Å²) in [5, 5.41) is 3.45. The van der Waals surface area contributed by atoms with Crippen molar-refractivity contribution in [3.63, 3.8) is 0 Å². The van der Waals surface area contributed by atoms with Crippen molar-refractivity contribution in [2.45, 2.75) is 45.3 Å². The first-order valence-electron chi connectivity index (χ1n) is 12.4. The normalized spacial score (nSPS) is 12.5. The van der Waals surface area contributed by atoms with Crippen LogP contribution in [0.3, 0.4) is 0 Å². The number of amides is 2. The lowest BCUT2D eigenvalue weighted by atomic mass is 10.0. The Bertz CT molecular complexity index is 1390. The highest BCUT2D eigenvalue weighted by molar-refractivity contribution is 7.92. The van der Waals surface area contributed by atoms with Crippen LogP contribution < -0.4 is 9.62 Å². The fourth-order valence-electron chi connectivity index (χ4n) is 4.04. The standard InChI is InChI=1S/C29H33ClFN3O4S/c1-29(2,3)32-28(36)26(18-21-10-6-5-7-11-21)33(19-22-14-16-23(30)17-15-22)27(35)20-34(39(4,37)38)25-13-9-8-12-24(25)31/h5-17,26H,18-20H2,1-4H3,(H,32,36)/t26-/m1/s1.